The molecule has 1 N–H and O–H groups in total. The maximum Gasteiger partial charge on any atom is 0.244 e. The zero-order valence-electron chi connectivity index (χ0n) is 8.83. The highest BCUT2D eigenvalue weighted by molar-refractivity contribution is 9.10. The fourth-order valence-electron chi connectivity index (χ4n) is 1.25. The lowest BCUT2D eigenvalue weighted by Gasteiger charge is -2.12. The first-order valence-electron chi connectivity index (χ1n) is 4.82. The first kappa shape index (κ1) is 12.0. The number of benzene rings is 1. The Balaban J connectivity index is 2.64. The first-order chi connectivity index (χ1) is 7.13. The van der Waals surface area contributed by atoms with Gasteiger partial charge in [-0.05, 0) is 37.6 Å². The van der Waals surface area contributed by atoms with Crippen molar-refractivity contribution in [3.8, 4) is 0 Å². The molecular formula is C12H14BrNO. The highest BCUT2D eigenvalue weighted by atomic mass is 79.9. The molecule has 0 saturated heterocycles. The van der Waals surface area contributed by atoms with Gasteiger partial charge in [-0.15, -0.1) is 0 Å². The van der Waals surface area contributed by atoms with Gasteiger partial charge in [0, 0.05) is 4.47 Å². The largest absolute Gasteiger partial charge is 0.346 e. The van der Waals surface area contributed by atoms with Gasteiger partial charge >= 0.3 is 0 Å². The Hall–Kier alpha value is -1.09. The fraction of sp³-hybridized carbons (Fsp3) is 0.250. The van der Waals surface area contributed by atoms with Crippen molar-refractivity contribution in [2.45, 2.75) is 19.9 Å². The van der Waals surface area contributed by atoms with E-state index in [9.17, 15) is 4.79 Å². The summed E-state index contributed by atoms with van der Waals surface area (Å²) in [4.78, 5) is 11.3. The summed E-state index contributed by atoms with van der Waals surface area (Å²) in [6.45, 7) is 3.79. The van der Waals surface area contributed by atoms with Gasteiger partial charge < -0.3 is 5.32 Å². The van der Waals surface area contributed by atoms with Gasteiger partial charge in [0.05, 0.1) is 6.04 Å². The summed E-state index contributed by atoms with van der Waals surface area (Å²) in [6.07, 6.45) is 3.25. The predicted octanol–water partition coefficient (Wildman–Crippen LogP) is 3.20. The lowest BCUT2D eigenvalue weighted by Crippen LogP contribution is -2.24. The first-order valence-corrected chi connectivity index (χ1v) is 5.61. The van der Waals surface area contributed by atoms with E-state index in [4.69, 9.17) is 0 Å². The molecule has 3 heteroatoms. The second kappa shape index (κ2) is 5.71. The van der Waals surface area contributed by atoms with E-state index in [1.165, 1.54) is 6.08 Å². The van der Waals surface area contributed by atoms with E-state index in [2.05, 4.69) is 21.2 Å². The van der Waals surface area contributed by atoms with Crippen LogP contribution < -0.4 is 5.32 Å². The molecule has 0 saturated carbocycles. The van der Waals surface area contributed by atoms with Crippen LogP contribution in [0.5, 0.6) is 0 Å². The Kier molecular flexibility index (Phi) is 4.56. The van der Waals surface area contributed by atoms with Crippen molar-refractivity contribution in [1.29, 1.82) is 0 Å². The topological polar surface area (TPSA) is 29.1 Å². The summed E-state index contributed by atoms with van der Waals surface area (Å²) in [6, 6.07) is 7.94. The zero-order chi connectivity index (χ0) is 11.3. The van der Waals surface area contributed by atoms with Crippen molar-refractivity contribution in [3.05, 3.63) is 46.5 Å². The Labute approximate surface area is 98.5 Å². The molecule has 0 aromatic heterocycles. The summed E-state index contributed by atoms with van der Waals surface area (Å²) in [5.74, 6) is -0.0621. The molecule has 1 unspecified atom stereocenters. The van der Waals surface area contributed by atoms with Crippen molar-refractivity contribution in [1.82, 2.24) is 5.32 Å². The molecule has 0 spiro atoms. The molecule has 0 aliphatic heterocycles. The van der Waals surface area contributed by atoms with Crippen LogP contribution in [0.3, 0.4) is 0 Å². The quantitative estimate of drug-likeness (QED) is 0.838. The molecule has 1 aromatic carbocycles. The van der Waals surface area contributed by atoms with Crippen LogP contribution >= 0.6 is 15.9 Å². The standard InChI is InChI=1S/C12H14BrNO/c1-3-4-12(15)14-9(2)10-5-7-11(13)8-6-10/h3-9H,1-2H3,(H,14,15)/b4-3+. The molecule has 1 atom stereocenters. The van der Waals surface area contributed by atoms with E-state index < -0.39 is 0 Å². The van der Waals surface area contributed by atoms with Crippen molar-refractivity contribution >= 4 is 21.8 Å². The average molecular weight is 268 g/mol. The Morgan fingerprint density at radius 1 is 1.40 bits per heavy atom. The van der Waals surface area contributed by atoms with Crippen LogP contribution in [-0.4, -0.2) is 5.91 Å². The number of amides is 1. The number of hydrogen-bond acceptors (Lipinski definition) is 1. The molecule has 2 nitrogen and oxygen atoms in total. The summed E-state index contributed by atoms with van der Waals surface area (Å²) in [5, 5.41) is 2.88. The van der Waals surface area contributed by atoms with Crippen LogP contribution in [0.15, 0.2) is 40.9 Å². The van der Waals surface area contributed by atoms with Gasteiger partial charge in [-0.25, -0.2) is 0 Å². The number of halogens is 1. The molecule has 0 aliphatic carbocycles. The maximum absolute atomic E-state index is 11.3. The third kappa shape index (κ3) is 3.88. The molecular weight excluding hydrogens is 254 g/mol. The van der Waals surface area contributed by atoms with E-state index in [1.54, 1.807) is 6.08 Å². The second-order valence-electron chi connectivity index (χ2n) is 3.28. The van der Waals surface area contributed by atoms with Crippen molar-refractivity contribution in [3.63, 3.8) is 0 Å². The van der Waals surface area contributed by atoms with Gasteiger partial charge in [-0.2, -0.15) is 0 Å². The van der Waals surface area contributed by atoms with Gasteiger partial charge in [-0.3, -0.25) is 4.79 Å². The van der Waals surface area contributed by atoms with E-state index in [-0.39, 0.29) is 11.9 Å². The molecule has 0 fully saturated rings. The van der Waals surface area contributed by atoms with Crippen molar-refractivity contribution in [2.75, 3.05) is 0 Å². The number of rotatable bonds is 3. The fourth-order valence-corrected chi connectivity index (χ4v) is 1.51. The minimum Gasteiger partial charge on any atom is -0.346 e. The lowest BCUT2D eigenvalue weighted by atomic mass is 10.1. The van der Waals surface area contributed by atoms with E-state index >= 15 is 0 Å². The van der Waals surface area contributed by atoms with Crippen LogP contribution in [0.4, 0.5) is 0 Å². The van der Waals surface area contributed by atoms with Gasteiger partial charge in [0.25, 0.3) is 0 Å². The number of carbonyl (C=O) groups is 1. The molecule has 1 aromatic rings. The van der Waals surface area contributed by atoms with Crippen LogP contribution in [0.2, 0.25) is 0 Å². The average Bonchev–Trinajstić information content (AvgIpc) is 2.18. The van der Waals surface area contributed by atoms with Crippen LogP contribution in [0, 0.1) is 0 Å². The second-order valence-corrected chi connectivity index (χ2v) is 4.20. The Bertz CT molecular complexity index is 356. The van der Waals surface area contributed by atoms with Gasteiger partial charge in [-0.1, -0.05) is 34.1 Å². The number of nitrogens with one attached hydrogen (secondary N) is 1. The summed E-state index contributed by atoms with van der Waals surface area (Å²) < 4.78 is 1.04. The minimum atomic E-state index is -0.0621. The minimum absolute atomic E-state index is 0.0294. The third-order valence-corrected chi connectivity index (χ3v) is 2.58. The summed E-state index contributed by atoms with van der Waals surface area (Å²) in [5.41, 5.74) is 1.09. The van der Waals surface area contributed by atoms with E-state index in [0.29, 0.717) is 0 Å². The summed E-state index contributed by atoms with van der Waals surface area (Å²) in [7, 11) is 0. The summed E-state index contributed by atoms with van der Waals surface area (Å²) >= 11 is 3.37. The van der Waals surface area contributed by atoms with Crippen LogP contribution in [0.25, 0.3) is 0 Å². The maximum atomic E-state index is 11.3. The zero-order valence-corrected chi connectivity index (χ0v) is 10.4. The molecule has 1 amide bonds. The number of hydrogen-bond donors (Lipinski definition) is 1. The number of allylic oxidation sites excluding steroid dienone is 1. The van der Waals surface area contributed by atoms with Gasteiger partial charge in [0.2, 0.25) is 5.91 Å². The molecule has 0 radical (unpaired) electrons. The van der Waals surface area contributed by atoms with Crippen molar-refractivity contribution in [2.24, 2.45) is 0 Å². The molecule has 1 rings (SSSR count). The highest BCUT2D eigenvalue weighted by Gasteiger charge is 2.06. The van der Waals surface area contributed by atoms with Gasteiger partial charge in [0.15, 0.2) is 0 Å². The molecule has 0 bridgehead atoms. The smallest absolute Gasteiger partial charge is 0.244 e. The molecule has 15 heavy (non-hydrogen) atoms. The van der Waals surface area contributed by atoms with Gasteiger partial charge in [0.1, 0.15) is 0 Å². The molecule has 0 heterocycles. The Morgan fingerprint density at radius 3 is 2.53 bits per heavy atom. The highest BCUT2D eigenvalue weighted by Crippen LogP contribution is 2.16. The van der Waals surface area contributed by atoms with Crippen LogP contribution in [-0.2, 0) is 4.79 Å². The van der Waals surface area contributed by atoms with Crippen molar-refractivity contribution < 1.29 is 4.79 Å². The normalized spacial score (nSPS) is 12.7. The Morgan fingerprint density at radius 2 is 2.00 bits per heavy atom. The third-order valence-electron chi connectivity index (χ3n) is 2.05. The molecule has 80 valence electrons. The van der Waals surface area contributed by atoms with E-state index in [1.807, 2.05) is 38.1 Å². The monoisotopic (exact) mass is 267 g/mol. The van der Waals surface area contributed by atoms with Crippen LogP contribution in [0.1, 0.15) is 25.5 Å². The molecule has 0 aliphatic rings. The number of carbonyl (C=O) groups excluding carboxylic acids is 1. The van der Waals surface area contributed by atoms with E-state index in [0.717, 1.165) is 10.0 Å². The lowest BCUT2D eigenvalue weighted by molar-refractivity contribution is -0.117. The SMILES string of the molecule is C/C=C/C(=O)NC(C)c1ccc(Br)cc1. The predicted molar refractivity (Wildman–Crippen MR) is 65.5 cm³/mol.